The molecule has 0 amide bonds. The molecule has 3 heterocycles. The van der Waals surface area contributed by atoms with Gasteiger partial charge in [-0.15, -0.1) is 11.3 Å². The molecule has 1 saturated heterocycles. The Kier molecular flexibility index (Phi) is 4.03. The van der Waals surface area contributed by atoms with Crippen molar-refractivity contribution >= 4 is 33.3 Å². The van der Waals surface area contributed by atoms with Gasteiger partial charge in [0, 0.05) is 11.4 Å². The lowest BCUT2D eigenvalue weighted by Gasteiger charge is -2.14. The number of nitrogens with zero attached hydrogens (tertiary/aromatic N) is 3. The SMILES string of the molecule is Cc1cc2c(NCCCN3CCCC3)nc(N)nc2s1. The minimum Gasteiger partial charge on any atom is -0.369 e. The zero-order valence-electron chi connectivity index (χ0n) is 11.9. The molecule has 6 heteroatoms. The lowest BCUT2D eigenvalue weighted by Crippen LogP contribution is -2.22. The van der Waals surface area contributed by atoms with Gasteiger partial charge in [-0.2, -0.15) is 4.98 Å². The van der Waals surface area contributed by atoms with Crippen molar-refractivity contribution in [2.24, 2.45) is 0 Å². The fraction of sp³-hybridized carbons (Fsp3) is 0.571. The van der Waals surface area contributed by atoms with Crippen LogP contribution in [0.1, 0.15) is 24.1 Å². The molecular formula is C14H21N5S. The highest BCUT2D eigenvalue weighted by atomic mass is 32.1. The van der Waals surface area contributed by atoms with Gasteiger partial charge in [0.25, 0.3) is 0 Å². The second-order valence-electron chi connectivity index (χ2n) is 5.34. The number of rotatable bonds is 5. The second kappa shape index (κ2) is 5.93. The van der Waals surface area contributed by atoms with Crippen LogP contribution in [-0.4, -0.2) is 41.0 Å². The topological polar surface area (TPSA) is 67.1 Å². The molecular weight excluding hydrogens is 270 g/mol. The third-order valence-corrected chi connectivity index (χ3v) is 4.62. The summed E-state index contributed by atoms with van der Waals surface area (Å²) in [7, 11) is 0. The van der Waals surface area contributed by atoms with Crippen molar-refractivity contribution in [1.82, 2.24) is 14.9 Å². The van der Waals surface area contributed by atoms with E-state index in [1.165, 1.54) is 37.4 Å². The quantitative estimate of drug-likeness (QED) is 0.828. The lowest BCUT2D eigenvalue weighted by molar-refractivity contribution is 0.337. The Morgan fingerprint density at radius 3 is 2.95 bits per heavy atom. The van der Waals surface area contributed by atoms with Crippen LogP contribution in [0.2, 0.25) is 0 Å². The molecule has 1 aliphatic heterocycles. The number of thiophene rings is 1. The van der Waals surface area contributed by atoms with Crippen molar-refractivity contribution in [3.8, 4) is 0 Å². The Labute approximate surface area is 123 Å². The monoisotopic (exact) mass is 291 g/mol. The van der Waals surface area contributed by atoms with Crippen LogP contribution in [0.5, 0.6) is 0 Å². The summed E-state index contributed by atoms with van der Waals surface area (Å²) >= 11 is 1.66. The summed E-state index contributed by atoms with van der Waals surface area (Å²) in [6, 6.07) is 2.13. The Bertz CT molecular complexity index is 589. The lowest BCUT2D eigenvalue weighted by atomic mass is 10.3. The van der Waals surface area contributed by atoms with Crippen LogP contribution in [-0.2, 0) is 0 Å². The Hall–Kier alpha value is -1.40. The van der Waals surface area contributed by atoms with E-state index in [9.17, 15) is 0 Å². The van der Waals surface area contributed by atoms with Crippen LogP contribution >= 0.6 is 11.3 Å². The maximum atomic E-state index is 5.77. The maximum absolute atomic E-state index is 5.77. The fourth-order valence-corrected chi connectivity index (χ4v) is 3.60. The number of fused-ring (bicyclic) bond motifs is 1. The molecule has 0 radical (unpaired) electrons. The van der Waals surface area contributed by atoms with Crippen LogP contribution in [0.4, 0.5) is 11.8 Å². The first-order valence-electron chi connectivity index (χ1n) is 7.22. The largest absolute Gasteiger partial charge is 0.369 e. The fourth-order valence-electron chi connectivity index (χ4n) is 2.71. The molecule has 2 aromatic heterocycles. The van der Waals surface area contributed by atoms with Gasteiger partial charge in [0.15, 0.2) is 0 Å². The molecule has 20 heavy (non-hydrogen) atoms. The molecule has 108 valence electrons. The molecule has 0 bridgehead atoms. The van der Waals surface area contributed by atoms with Gasteiger partial charge in [0.1, 0.15) is 10.6 Å². The number of anilines is 2. The molecule has 0 atom stereocenters. The van der Waals surface area contributed by atoms with E-state index in [0.717, 1.165) is 29.0 Å². The van der Waals surface area contributed by atoms with Crippen LogP contribution in [0.15, 0.2) is 6.07 Å². The molecule has 1 fully saturated rings. The number of hydrogen-bond acceptors (Lipinski definition) is 6. The average Bonchev–Trinajstić information content (AvgIpc) is 3.02. The van der Waals surface area contributed by atoms with Crippen LogP contribution in [0.25, 0.3) is 10.2 Å². The Morgan fingerprint density at radius 1 is 1.35 bits per heavy atom. The van der Waals surface area contributed by atoms with Crippen molar-refractivity contribution in [2.45, 2.75) is 26.2 Å². The van der Waals surface area contributed by atoms with E-state index >= 15 is 0 Å². The minimum atomic E-state index is 0.349. The van der Waals surface area contributed by atoms with Gasteiger partial charge in [0.05, 0.1) is 5.39 Å². The summed E-state index contributed by atoms with van der Waals surface area (Å²) < 4.78 is 0. The van der Waals surface area contributed by atoms with Crippen molar-refractivity contribution < 1.29 is 0 Å². The number of likely N-dealkylation sites (tertiary alicyclic amines) is 1. The first-order chi connectivity index (χ1) is 9.72. The third-order valence-electron chi connectivity index (χ3n) is 3.68. The molecule has 3 rings (SSSR count). The van der Waals surface area contributed by atoms with E-state index in [4.69, 9.17) is 5.73 Å². The van der Waals surface area contributed by atoms with Crippen molar-refractivity contribution in [1.29, 1.82) is 0 Å². The van der Waals surface area contributed by atoms with Crippen LogP contribution in [0.3, 0.4) is 0 Å². The molecule has 0 aliphatic carbocycles. The number of aromatic nitrogens is 2. The summed E-state index contributed by atoms with van der Waals surface area (Å²) in [6.45, 7) is 6.69. The molecule has 1 aliphatic rings. The van der Waals surface area contributed by atoms with Crippen LogP contribution in [0, 0.1) is 6.92 Å². The molecule has 2 aromatic rings. The Balaban J connectivity index is 1.61. The van der Waals surface area contributed by atoms with E-state index in [1.807, 2.05) is 0 Å². The number of nitrogens with two attached hydrogens (primary N) is 1. The van der Waals surface area contributed by atoms with E-state index in [2.05, 4.69) is 33.2 Å². The molecule has 0 unspecified atom stereocenters. The smallest absolute Gasteiger partial charge is 0.223 e. The molecule has 3 N–H and O–H groups in total. The predicted octanol–water partition coefficient (Wildman–Crippen LogP) is 2.48. The van der Waals surface area contributed by atoms with Gasteiger partial charge in [-0.25, -0.2) is 4.98 Å². The van der Waals surface area contributed by atoms with Crippen molar-refractivity contribution in [3.05, 3.63) is 10.9 Å². The summed E-state index contributed by atoms with van der Waals surface area (Å²) in [4.78, 5) is 13.4. The average molecular weight is 291 g/mol. The number of nitrogen functional groups attached to an aromatic ring is 1. The standard InChI is InChI=1S/C14H21N5S/c1-10-9-11-12(17-14(15)18-13(11)20-10)16-5-4-8-19-6-2-3-7-19/h9H,2-8H2,1H3,(H3,15,16,17,18). The number of aryl methyl sites for hydroxylation is 1. The highest BCUT2D eigenvalue weighted by Crippen LogP contribution is 2.28. The molecule has 0 spiro atoms. The summed E-state index contributed by atoms with van der Waals surface area (Å²) in [6.07, 6.45) is 3.84. The number of nitrogens with one attached hydrogen (secondary N) is 1. The third kappa shape index (κ3) is 3.02. The number of hydrogen-bond donors (Lipinski definition) is 2. The molecule has 5 nitrogen and oxygen atoms in total. The first kappa shape index (κ1) is 13.6. The van der Waals surface area contributed by atoms with Gasteiger partial charge in [0.2, 0.25) is 5.95 Å². The van der Waals surface area contributed by atoms with Gasteiger partial charge >= 0.3 is 0 Å². The maximum Gasteiger partial charge on any atom is 0.223 e. The summed E-state index contributed by atoms with van der Waals surface area (Å²) in [5, 5.41) is 4.50. The summed E-state index contributed by atoms with van der Waals surface area (Å²) in [5.41, 5.74) is 5.77. The molecule has 0 saturated carbocycles. The second-order valence-corrected chi connectivity index (χ2v) is 6.57. The van der Waals surface area contributed by atoms with Gasteiger partial charge in [-0.1, -0.05) is 0 Å². The van der Waals surface area contributed by atoms with Gasteiger partial charge < -0.3 is 16.0 Å². The van der Waals surface area contributed by atoms with Gasteiger partial charge in [-0.3, -0.25) is 0 Å². The molecule has 0 aromatic carbocycles. The zero-order valence-corrected chi connectivity index (χ0v) is 12.7. The highest BCUT2D eigenvalue weighted by Gasteiger charge is 2.11. The van der Waals surface area contributed by atoms with E-state index in [1.54, 1.807) is 11.3 Å². The Morgan fingerprint density at radius 2 is 2.15 bits per heavy atom. The minimum absolute atomic E-state index is 0.349. The highest BCUT2D eigenvalue weighted by molar-refractivity contribution is 7.18. The van der Waals surface area contributed by atoms with Gasteiger partial charge in [-0.05, 0) is 51.9 Å². The summed E-state index contributed by atoms with van der Waals surface area (Å²) in [5.74, 6) is 1.22. The van der Waals surface area contributed by atoms with Crippen LogP contribution < -0.4 is 11.1 Å². The van der Waals surface area contributed by atoms with E-state index in [-0.39, 0.29) is 0 Å². The first-order valence-corrected chi connectivity index (χ1v) is 8.04. The van der Waals surface area contributed by atoms with Crippen molar-refractivity contribution in [2.75, 3.05) is 37.2 Å². The predicted molar refractivity (Wildman–Crippen MR) is 85.3 cm³/mol. The zero-order chi connectivity index (χ0) is 13.9. The normalized spacial score (nSPS) is 16.1. The van der Waals surface area contributed by atoms with Crippen molar-refractivity contribution in [3.63, 3.8) is 0 Å². The van der Waals surface area contributed by atoms with E-state index in [0.29, 0.717) is 5.95 Å². The van der Waals surface area contributed by atoms with E-state index < -0.39 is 0 Å².